The molecule has 18 heavy (non-hydrogen) atoms. The second kappa shape index (κ2) is 5.78. The van der Waals surface area contributed by atoms with Gasteiger partial charge in [0.05, 0.1) is 5.69 Å². The molecule has 1 N–H and O–H groups in total. The highest BCUT2D eigenvalue weighted by molar-refractivity contribution is 5.34. The summed E-state index contributed by atoms with van der Waals surface area (Å²) in [6, 6.07) is 8.44. The summed E-state index contributed by atoms with van der Waals surface area (Å²) in [6.45, 7) is 8.03. The van der Waals surface area contributed by atoms with Gasteiger partial charge in [-0.1, -0.05) is 19.1 Å². The highest BCUT2D eigenvalue weighted by Gasteiger charge is 2.04. The van der Waals surface area contributed by atoms with Crippen molar-refractivity contribution >= 4 is 0 Å². The summed E-state index contributed by atoms with van der Waals surface area (Å²) in [5.74, 6) is 1.73. The maximum absolute atomic E-state index is 4.38. The van der Waals surface area contributed by atoms with Crippen LogP contribution in [0, 0.1) is 13.8 Å². The summed E-state index contributed by atoms with van der Waals surface area (Å²) in [7, 11) is 0. The van der Waals surface area contributed by atoms with E-state index in [4.69, 9.17) is 0 Å². The summed E-state index contributed by atoms with van der Waals surface area (Å²) in [5, 5.41) is 7.77. The fourth-order valence-electron chi connectivity index (χ4n) is 1.93. The quantitative estimate of drug-likeness (QED) is 0.821. The van der Waals surface area contributed by atoms with Crippen molar-refractivity contribution < 1.29 is 0 Å². The summed E-state index contributed by atoms with van der Waals surface area (Å²) in [5.41, 5.74) is 2.36. The lowest BCUT2D eigenvalue weighted by Gasteiger charge is -2.06. The first-order valence-corrected chi connectivity index (χ1v) is 6.41. The van der Waals surface area contributed by atoms with Gasteiger partial charge in [0.15, 0.2) is 0 Å². The second-order valence-electron chi connectivity index (χ2n) is 4.46. The molecule has 4 nitrogen and oxygen atoms in total. The van der Waals surface area contributed by atoms with Gasteiger partial charge in [-0.3, -0.25) is 0 Å². The summed E-state index contributed by atoms with van der Waals surface area (Å²) in [4.78, 5) is 4.31. The molecule has 0 atom stereocenters. The van der Waals surface area contributed by atoms with Crippen LogP contribution in [-0.2, 0) is 6.54 Å². The topological polar surface area (TPSA) is 42.7 Å². The smallest absolute Gasteiger partial charge is 0.148 e. The Morgan fingerprint density at radius 3 is 2.44 bits per heavy atom. The molecule has 0 saturated carbocycles. The first-order valence-electron chi connectivity index (χ1n) is 6.41. The fraction of sp³-hybridized carbons (Fsp3) is 0.429. The monoisotopic (exact) mass is 244 g/mol. The largest absolute Gasteiger partial charge is 0.313 e. The van der Waals surface area contributed by atoms with Gasteiger partial charge < -0.3 is 5.32 Å². The van der Waals surface area contributed by atoms with E-state index in [9.17, 15) is 0 Å². The highest BCUT2D eigenvalue weighted by Crippen LogP contribution is 2.11. The van der Waals surface area contributed by atoms with Crippen LogP contribution >= 0.6 is 0 Å². The lowest BCUT2D eigenvalue weighted by molar-refractivity contribution is 0.675. The van der Waals surface area contributed by atoms with Crippen LogP contribution in [0.4, 0.5) is 0 Å². The number of aromatic nitrogens is 3. The Hall–Kier alpha value is -1.68. The third kappa shape index (κ3) is 2.96. The standard InChI is InChI=1S/C14H20N4/c1-4-9-15-10-13-5-7-14(8-6-13)18-12(3)16-11(2)17-18/h5-8,15H,4,9-10H2,1-3H3. The van der Waals surface area contributed by atoms with E-state index in [-0.39, 0.29) is 0 Å². The minimum absolute atomic E-state index is 0.807. The Labute approximate surface area is 108 Å². The summed E-state index contributed by atoms with van der Waals surface area (Å²) < 4.78 is 1.87. The van der Waals surface area contributed by atoms with E-state index in [1.165, 1.54) is 5.56 Å². The van der Waals surface area contributed by atoms with Gasteiger partial charge in [0.1, 0.15) is 11.6 Å². The van der Waals surface area contributed by atoms with E-state index in [2.05, 4.69) is 46.6 Å². The molecule has 96 valence electrons. The van der Waals surface area contributed by atoms with Crippen molar-refractivity contribution in [1.29, 1.82) is 0 Å². The number of benzene rings is 1. The van der Waals surface area contributed by atoms with Crippen LogP contribution in [0.1, 0.15) is 30.6 Å². The van der Waals surface area contributed by atoms with Crippen LogP contribution in [-0.4, -0.2) is 21.3 Å². The Balaban J connectivity index is 2.10. The molecule has 2 rings (SSSR count). The van der Waals surface area contributed by atoms with Crippen LogP contribution in [0.3, 0.4) is 0 Å². The predicted octanol–water partition coefficient (Wildman–Crippen LogP) is 2.38. The molecule has 0 fully saturated rings. The predicted molar refractivity (Wildman–Crippen MR) is 72.8 cm³/mol. The Morgan fingerprint density at radius 1 is 1.17 bits per heavy atom. The Bertz CT molecular complexity index is 499. The fourth-order valence-corrected chi connectivity index (χ4v) is 1.93. The van der Waals surface area contributed by atoms with E-state index < -0.39 is 0 Å². The van der Waals surface area contributed by atoms with Crippen molar-refractivity contribution in [2.75, 3.05) is 6.54 Å². The van der Waals surface area contributed by atoms with Crippen molar-refractivity contribution in [3.63, 3.8) is 0 Å². The van der Waals surface area contributed by atoms with Crippen molar-refractivity contribution in [2.24, 2.45) is 0 Å². The molecular formula is C14H20N4. The van der Waals surface area contributed by atoms with Gasteiger partial charge in [-0.2, -0.15) is 5.10 Å². The molecule has 0 unspecified atom stereocenters. The molecule has 0 saturated heterocycles. The Morgan fingerprint density at radius 2 is 1.89 bits per heavy atom. The van der Waals surface area contributed by atoms with Gasteiger partial charge in [0.25, 0.3) is 0 Å². The lowest BCUT2D eigenvalue weighted by Crippen LogP contribution is -2.13. The SMILES string of the molecule is CCCNCc1ccc(-n2nc(C)nc2C)cc1. The number of nitrogens with one attached hydrogen (secondary N) is 1. The maximum atomic E-state index is 4.38. The lowest BCUT2D eigenvalue weighted by atomic mass is 10.2. The molecule has 2 aromatic rings. The van der Waals surface area contributed by atoms with Crippen LogP contribution < -0.4 is 5.32 Å². The molecule has 0 radical (unpaired) electrons. The van der Waals surface area contributed by atoms with E-state index >= 15 is 0 Å². The van der Waals surface area contributed by atoms with Gasteiger partial charge in [0, 0.05) is 6.54 Å². The molecule has 0 aliphatic rings. The zero-order chi connectivity index (χ0) is 13.0. The van der Waals surface area contributed by atoms with Gasteiger partial charge in [-0.05, 0) is 44.5 Å². The number of rotatable bonds is 5. The zero-order valence-electron chi connectivity index (χ0n) is 11.3. The van der Waals surface area contributed by atoms with E-state index in [0.717, 1.165) is 36.8 Å². The molecular weight excluding hydrogens is 224 g/mol. The molecule has 4 heteroatoms. The van der Waals surface area contributed by atoms with Crippen LogP contribution in [0.15, 0.2) is 24.3 Å². The normalized spacial score (nSPS) is 10.8. The number of hydrogen-bond donors (Lipinski definition) is 1. The van der Waals surface area contributed by atoms with E-state index in [0.29, 0.717) is 0 Å². The van der Waals surface area contributed by atoms with E-state index in [1.807, 2.05) is 18.5 Å². The molecule has 0 bridgehead atoms. The molecule has 0 aliphatic heterocycles. The first kappa shape index (κ1) is 12.8. The minimum Gasteiger partial charge on any atom is -0.313 e. The zero-order valence-corrected chi connectivity index (χ0v) is 11.3. The van der Waals surface area contributed by atoms with E-state index in [1.54, 1.807) is 0 Å². The highest BCUT2D eigenvalue weighted by atomic mass is 15.3. The molecule has 0 amide bonds. The number of aryl methyl sites for hydroxylation is 2. The van der Waals surface area contributed by atoms with Gasteiger partial charge >= 0.3 is 0 Å². The van der Waals surface area contributed by atoms with Gasteiger partial charge in [-0.15, -0.1) is 0 Å². The molecule has 0 aliphatic carbocycles. The van der Waals surface area contributed by atoms with Crippen molar-refractivity contribution in [3.8, 4) is 5.69 Å². The van der Waals surface area contributed by atoms with Crippen molar-refractivity contribution in [1.82, 2.24) is 20.1 Å². The molecule has 1 heterocycles. The molecule has 0 spiro atoms. The molecule has 1 aromatic carbocycles. The average molecular weight is 244 g/mol. The summed E-state index contributed by atoms with van der Waals surface area (Å²) >= 11 is 0. The number of hydrogen-bond acceptors (Lipinski definition) is 3. The Kier molecular flexibility index (Phi) is 4.10. The number of nitrogens with zero attached hydrogens (tertiary/aromatic N) is 3. The third-order valence-corrected chi connectivity index (χ3v) is 2.81. The van der Waals surface area contributed by atoms with Gasteiger partial charge in [0.2, 0.25) is 0 Å². The minimum atomic E-state index is 0.807. The van der Waals surface area contributed by atoms with Gasteiger partial charge in [-0.25, -0.2) is 9.67 Å². The van der Waals surface area contributed by atoms with Crippen molar-refractivity contribution in [3.05, 3.63) is 41.5 Å². The van der Waals surface area contributed by atoms with Crippen LogP contribution in [0.5, 0.6) is 0 Å². The second-order valence-corrected chi connectivity index (χ2v) is 4.46. The first-order chi connectivity index (χ1) is 8.70. The molecule has 1 aromatic heterocycles. The third-order valence-electron chi connectivity index (χ3n) is 2.81. The van der Waals surface area contributed by atoms with Crippen LogP contribution in [0.25, 0.3) is 5.69 Å². The van der Waals surface area contributed by atoms with Crippen molar-refractivity contribution in [2.45, 2.75) is 33.7 Å². The maximum Gasteiger partial charge on any atom is 0.148 e. The average Bonchev–Trinajstić information content (AvgIpc) is 2.70. The summed E-state index contributed by atoms with van der Waals surface area (Å²) in [6.07, 6.45) is 1.16. The van der Waals surface area contributed by atoms with Crippen LogP contribution in [0.2, 0.25) is 0 Å².